The highest BCUT2D eigenvalue weighted by atomic mass is 16.2. The van der Waals surface area contributed by atoms with Gasteiger partial charge in [0.25, 0.3) is 0 Å². The van der Waals surface area contributed by atoms with Gasteiger partial charge in [0.2, 0.25) is 11.8 Å². The second-order valence-electron chi connectivity index (χ2n) is 13.2. The maximum atomic E-state index is 13.3. The lowest BCUT2D eigenvalue weighted by atomic mass is 9.93. The van der Waals surface area contributed by atoms with Crippen molar-refractivity contribution in [2.45, 2.75) is 78.3 Å². The Kier molecular flexibility index (Phi) is 7.90. The summed E-state index contributed by atoms with van der Waals surface area (Å²) in [4.78, 5) is 36.1. The Hall–Kier alpha value is -3.03. The highest BCUT2D eigenvalue weighted by Crippen LogP contribution is 2.29. The van der Waals surface area contributed by atoms with Gasteiger partial charge in [-0.3, -0.25) is 19.4 Å². The summed E-state index contributed by atoms with van der Waals surface area (Å²) in [5.74, 6) is 1.43. The van der Waals surface area contributed by atoms with Crippen LogP contribution in [0.4, 0.5) is 11.4 Å². The van der Waals surface area contributed by atoms with E-state index in [0.717, 1.165) is 96.9 Å². The van der Waals surface area contributed by atoms with Crippen molar-refractivity contribution in [3.63, 3.8) is 0 Å². The van der Waals surface area contributed by atoms with Crippen LogP contribution in [0.5, 0.6) is 0 Å². The molecule has 2 fully saturated rings. The molecule has 2 amide bonds. The van der Waals surface area contributed by atoms with Gasteiger partial charge in [-0.15, -0.1) is 0 Å². The largest absolute Gasteiger partial charge is 0.324 e. The van der Waals surface area contributed by atoms with Gasteiger partial charge in [0.05, 0.1) is 22.1 Å². The molecule has 0 radical (unpaired) electrons. The number of anilines is 2. The Morgan fingerprint density at radius 1 is 0.675 bits per heavy atom. The van der Waals surface area contributed by atoms with Gasteiger partial charge in [-0.1, -0.05) is 26.0 Å². The highest BCUT2D eigenvalue weighted by molar-refractivity contribution is 6.02. The molecule has 7 heteroatoms. The molecule has 5 rings (SSSR count). The van der Waals surface area contributed by atoms with E-state index in [2.05, 4.69) is 40.3 Å². The second-order valence-corrected chi connectivity index (χ2v) is 13.2. The number of rotatable bonds is 6. The lowest BCUT2D eigenvalue weighted by Crippen LogP contribution is -2.55. The molecule has 214 valence electrons. The summed E-state index contributed by atoms with van der Waals surface area (Å²) in [6.45, 7) is 16.4. The van der Waals surface area contributed by atoms with E-state index < -0.39 is 11.1 Å². The predicted octanol–water partition coefficient (Wildman–Crippen LogP) is 6.29. The standard InChI is InChI=1S/C33H45N5O2/c1-22-11-15-37(16-12-22)32(3,4)30(39)34-26-9-7-24-19-25-8-10-27(21-29(25)36-28(24)20-26)35-31(40)33(5,6)38-17-13-23(2)14-18-38/h7-10,19-23H,11-18H2,1-6H3,(H,34,39)(H,35,40). The minimum Gasteiger partial charge on any atom is -0.324 e. The molecule has 3 aromatic rings. The van der Waals surface area contributed by atoms with Gasteiger partial charge in [-0.05, 0) is 122 Å². The summed E-state index contributed by atoms with van der Waals surface area (Å²) in [6, 6.07) is 13.9. The number of piperidine rings is 2. The van der Waals surface area contributed by atoms with Crippen LogP contribution in [-0.2, 0) is 9.59 Å². The van der Waals surface area contributed by atoms with E-state index in [1.165, 1.54) is 0 Å². The fourth-order valence-electron chi connectivity index (χ4n) is 5.97. The van der Waals surface area contributed by atoms with Crippen molar-refractivity contribution in [1.82, 2.24) is 14.8 Å². The smallest absolute Gasteiger partial charge is 0.244 e. The number of carbonyl (C=O) groups excluding carboxylic acids is 2. The summed E-state index contributed by atoms with van der Waals surface area (Å²) < 4.78 is 0. The number of aromatic nitrogens is 1. The zero-order valence-corrected chi connectivity index (χ0v) is 25.0. The van der Waals surface area contributed by atoms with Crippen LogP contribution in [0.3, 0.4) is 0 Å². The van der Waals surface area contributed by atoms with E-state index >= 15 is 0 Å². The summed E-state index contributed by atoms with van der Waals surface area (Å²) in [7, 11) is 0. The van der Waals surface area contributed by atoms with Crippen molar-refractivity contribution < 1.29 is 9.59 Å². The number of fused-ring (bicyclic) bond motifs is 2. The summed E-state index contributed by atoms with van der Waals surface area (Å²) in [5.41, 5.74) is 1.93. The van der Waals surface area contributed by atoms with E-state index in [9.17, 15) is 9.59 Å². The molecule has 2 aliphatic heterocycles. The van der Waals surface area contributed by atoms with E-state index in [-0.39, 0.29) is 11.8 Å². The summed E-state index contributed by atoms with van der Waals surface area (Å²) >= 11 is 0. The lowest BCUT2D eigenvalue weighted by molar-refractivity contribution is -0.127. The maximum Gasteiger partial charge on any atom is 0.244 e. The van der Waals surface area contributed by atoms with E-state index in [4.69, 9.17) is 4.98 Å². The minimum absolute atomic E-state index is 0.00188. The molecular weight excluding hydrogens is 498 g/mol. The number of pyridine rings is 1. The average Bonchev–Trinajstić information content (AvgIpc) is 2.92. The van der Waals surface area contributed by atoms with Crippen LogP contribution in [0.15, 0.2) is 42.5 Å². The summed E-state index contributed by atoms with van der Waals surface area (Å²) in [5, 5.41) is 8.29. The van der Waals surface area contributed by atoms with Gasteiger partial charge in [-0.2, -0.15) is 0 Å². The maximum absolute atomic E-state index is 13.3. The van der Waals surface area contributed by atoms with Crippen LogP contribution < -0.4 is 10.6 Å². The number of likely N-dealkylation sites (tertiary alicyclic amines) is 2. The van der Waals surface area contributed by atoms with Gasteiger partial charge >= 0.3 is 0 Å². The van der Waals surface area contributed by atoms with E-state index in [1.807, 2.05) is 64.1 Å². The van der Waals surface area contributed by atoms with Crippen LogP contribution in [0.1, 0.15) is 67.2 Å². The number of hydrogen-bond donors (Lipinski definition) is 2. The molecule has 2 N–H and O–H groups in total. The number of amides is 2. The van der Waals surface area contributed by atoms with Crippen LogP contribution in [-0.4, -0.2) is 63.9 Å². The van der Waals surface area contributed by atoms with Gasteiger partial charge < -0.3 is 10.6 Å². The lowest BCUT2D eigenvalue weighted by Gasteiger charge is -2.41. The molecule has 0 unspecified atom stereocenters. The van der Waals surface area contributed by atoms with Gasteiger partial charge in [0.1, 0.15) is 0 Å². The fraction of sp³-hybridized carbons (Fsp3) is 0.545. The third-order valence-corrected chi connectivity index (χ3v) is 9.39. The predicted molar refractivity (Wildman–Crippen MR) is 165 cm³/mol. The first-order valence-electron chi connectivity index (χ1n) is 14.9. The van der Waals surface area contributed by atoms with Gasteiger partial charge in [0.15, 0.2) is 0 Å². The van der Waals surface area contributed by atoms with Crippen molar-refractivity contribution in [3.8, 4) is 0 Å². The first-order chi connectivity index (χ1) is 18.9. The molecule has 2 aromatic carbocycles. The third kappa shape index (κ3) is 5.86. The van der Waals surface area contributed by atoms with Crippen LogP contribution in [0.25, 0.3) is 21.8 Å². The third-order valence-electron chi connectivity index (χ3n) is 9.39. The monoisotopic (exact) mass is 543 g/mol. The summed E-state index contributed by atoms with van der Waals surface area (Å²) in [6.07, 6.45) is 4.50. The molecule has 40 heavy (non-hydrogen) atoms. The number of benzene rings is 2. The SMILES string of the molecule is CC1CCN(C(C)(C)C(=O)Nc2ccc3cc4ccc(NC(=O)C(C)(C)N5CCC(C)CC5)cc4nc3c2)CC1. The molecule has 0 spiro atoms. The molecule has 0 aliphatic carbocycles. The Morgan fingerprint density at radius 2 is 1.05 bits per heavy atom. The van der Waals surface area contributed by atoms with Crippen molar-refractivity contribution in [2.24, 2.45) is 11.8 Å². The number of carbonyl (C=O) groups is 2. The zero-order chi connectivity index (χ0) is 28.7. The van der Waals surface area contributed by atoms with Crippen molar-refractivity contribution in [2.75, 3.05) is 36.8 Å². The Morgan fingerprint density at radius 3 is 1.43 bits per heavy atom. The molecule has 0 atom stereocenters. The molecule has 1 aromatic heterocycles. The van der Waals surface area contributed by atoms with E-state index in [0.29, 0.717) is 0 Å². The number of hydrogen-bond acceptors (Lipinski definition) is 5. The molecule has 0 bridgehead atoms. The van der Waals surface area contributed by atoms with Crippen LogP contribution in [0.2, 0.25) is 0 Å². The molecular formula is C33H45N5O2. The molecule has 2 aliphatic rings. The molecule has 2 saturated heterocycles. The average molecular weight is 544 g/mol. The van der Waals surface area contributed by atoms with Crippen LogP contribution >= 0.6 is 0 Å². The Labute approximate surface area is 238 Å². The molecule has 0 saturated carbocycles. The van der Waals surface area contributed by atoms with Crippen LogP contribution in [0, 0.1) is 11.8 Å². The quantitative estimate of drug-likeness (QED) is 0.358. The minimum atomic E-state index is -0.584. The zero-order valence-electron chi connectivity index (χ0n) is 25.0. The fourth-order valence-corrected chi connectivity index (χ4v) is 5.97. The van der Waals surface area contributed by atoms with E-state index in [1.54, 1.807) is 0 Å². The topological polar surface area (TPSA) is 77.6 Å². The highest BCUT2D eigenvalue weighted by Gasteiger charge is 2.37. The van der Waals surface area contributed by atoms with Crippen molar-refractivity contribution in [1.29, 1.82) is 0 Å². The second kappa shape index (κ2) is 11.1. The van der Waals surface area contributed by atoms with Gasteiger partial charge in [-0.25, -0.2) is 4.98 Å². The number of nitrogens with zero attached hydrogens (tertiary/aromatic N) is 3. The molecule has 3 heterocycles. The first kappa shape index (κ1) is 28.5. The van der Waals surface area contributed by atoms with Gasteiger partial charge in [0, 0.05) is 22.1 Å². The Bertz CT molecular complexity index is 1300. The normalized spacial score (nSPS) is 18.8. The Balaban J connectivity index is 1.32. The first-order valence-corrected chi connectivity index (χ1v) is 14.9. The molecule has 7 nitrogen and oxygen atoms in total. The van der Waals surface area contributed by atoms with Crippen molar-refractivity contribution >= 4 is 45.0 Å². The number of nitrogens with one attached hydrogen (secondary N) is 2. The van der Waals surface area contributed by atoms with Crippen molar-refractivity contribution in [3.05, 3.63) is 42.5 Å².